The summed E-state index contributed by atoms with van der Waals surface area (Å²) in [6.07, 6.45) is 1.99. The lowest BCUT2D eigenvalue weighted by atomic mass is 10.0. The van der Waals surface area contributed by atoms with Gasteiger partial charge in [-0.15, -0.1) is 0 Å². The van der Waals surface area contributed by atoms with Gasteiger partial charge in [-0.25, -0.2) is 0 Å². The van der Waals surface area contributed by atoms with Gasteiger partial charge in [-0.05, 0) is 72.5 Å². The Labute approximate surface area is 155 Å². The first kappa shape index (κ1) is 17.7. The first-order valence-electron chi connectivity index (χ1n) is 8.73. The summed E-state index contributed by atoms with van der Waals surface area (Å²) in [6.45, 7) is 0. The van der Waals surface area contributed by atoms with Crippen LogP contribution in [0.4, 0.5) is 22.7 Å². The van der Waals surface area contributed by atoms with E-state index in [1.165, 1.54) is 11.1 Å². The van der Waals surface area contributed by atoms with Gasteiger partial charge in [-0.1, -0.05) is 24.3 Å². The van der Waals surface area contributed by atoms with Crippen LogP contribution in [0.15, 0.2) is 83.0 Å². The molecule has 0 heterocycles. The number of hydrogen-bond donors (Lipinski definition) is 1. The Morgan fingerprint density at radius 2 is 1.08 bits per heavy atom. The fraction of sp³-hybridized carbons (Fsp3) is 0.182. The highest BCUT2D eigenvalue weighted by Crippen LogP contribution is 2.22. The Balaban J connectivity index is 1.57. The number of nitrogens with zero attached hydrogens (tertiary/aromatic N) is 3. The predicted octanol–water partition coefficient (Wildman–Crippen LogP) is 5.54. The molecule has 26 heavy (non-hydrogen) atoms. The van der Waals surface area contributed by atoms with Crippen molar-refractivity contribution in [1.29, 1.82) is 0 Å². The second-order valence-corrected chi connectivity index (χ2v) is 6.52. The Morgan fingerprint density at radius 1 is 0.654 bits per heavy atom. The summed E-state index contributed by atoms with van der Waals surface area (Å²) >= 11 is 0. The van der Waals surface area contributed by atoms with E-state index in [0.717, 1.165) is 35.6 Å². The van der Waals surface area contributed by atoms with Gasteiger partial charge < -0.3 is 10.6 Å². The van der Waals surface area contributed by atoms with E-state index in [9.17, 15) is 0 Å². The number of benzene rings is 3. The molecule has 3 aromatic rings. The number of hydrogen-bond acceptors (Lipinski definition) is 4. The lowest BCUT2D eigenvalue weighted by molar-refractivity contribution is 0.960. The lowest BCUT2D eigenvalue weighted by Crippen LogP contribution is -2.07. The quantitative estimate of drug-likeness (QED) is 0.472. The molecule has 0 saturated heterocycles. The summed E-state index contributed by atoms with van der Waals surface area (Å²) in [5, 5.41) is 8.62. The maximum absolute atomic E-state index is 5.72. The highest BCUT2D eigenvalue weighted by molar-refractivity contribution is 5.52. The Morgan fingerprint density at radius 3 is 1.54 bits per heavy atom. The zero-order valence-corrected chi connectivity index (χ0v) is 15.3. The van der Waals surface area contributed by atoms with Crippen LogP contribution in [0.2, 0.25) is 0 Å². The van der Waals surface area contributed by atoms with Gasteiger partial charge in [0.1, 0.15) is 0 Å². The SMILES string of the molecule is CN(C)c1ccc(N=Nc2ccc(CCc3ccc(N)cc3)cc2)cc1. The molecule has 4 heteroatoms. The lowest BCUT2D eigenvalue weighted by Gasteiger charge is -2.11. The largest absolute Gasteiger partial charge is 0.399 e. The summed E-state index contributed by atoms with van der Waals surface area (Å²) < 4.78 is 0. The molecule has 132 valence electrons. The molecular weight excluding hydrogens is 320 g/mol. The maximum Gasteiger partial charge on any atom is 0.0858 e. The molecule has 0 atom stereocenters. The van der Waals surface area contributed by atoms with Crippen molar-refractivity contribution < 1.29 is 0 Å². The normalized spacial score (nSPS) is 11.0. The summed E-state index contributed by atoms with van der Waals surface area (Å²) in [5.74, 6) is 0. The van der Waals surface area contributed by atoms with E-state index < -0.39 is 0 Å². The van der Waals surface area contributed by atoms with Crippen LogP contribution in [0.25, 0.3) is 0 Å². The first-order chi connectivity index (χ1) is 12.6. The van der Waals surface area contributed by atoms with Crippen LogP contribution in [0.5, 0.6) is 0 Å². The van der Waals surface area contributed by atoms with Gasteiger partial charge in [0.05, 0.1) is 11.4 Å². The number of anilines is 2. The van der Waals surface area contributed by atoms with E-state index in [1.54, 1.807) is 0 Å². The maximum atomic E-state index is 5.72. The van der Waals surface area contributed by atoms with Gasteiger partial charge in [-0.2, -0.15) is 10.2 Å². The topological polar surface area (TPSA) is 54.0 Å². The monoisotopic (exact) mass is 344 g/mol. The van der Waals surface area contributed by atoms with Crippen molar-refractivity contribution in [3.05, 3.63) is 83.9 Å². The minimum atomic E-state index is 0.805. The molecule has 3 aromatic carbocycles. The third kappa shape index (κ3) is 4.93. The molecule has 2 N–H and O–H groups in total. The van der Waals surface area contributed by atoms with Crippen molar-refractivity contribution in [3.63, 3.8) is 0 Å². The predicted molar refractivity (Wildman–Crippen MR) is 110 cm³/mol. The highest BCUT2D eigenvalue weighted by atomic mass is 15.1. The van der Waals surface area contributed by atoms with Crippen molar-refractivity contribution in [2.24, 2.45) is 10.2 Å². The van der Waals surface area contributed by atoms with Crippen LogP contribution >= 0.6 is 0 Å². The number of aryl methyl sites for hydroxylation is 2. The van der Waals surface area contributed by atoms with E-state index in [-0.39, 0.29) is 0 Å². The zero-order chi connectivity index (χ0) is 18.4. The summed E-state index contributed by atoms with van der Waals surface area (Å²) in [6, 6.07) is 24.3. The third-order valence-electron chi connectivity index (χ3n) is 4.27. The molecule has 0 unspecified atom stereocenters. The molecule has 0 aliphatic carbocycles. The second-order valence-electron chi connectivity index (χ2n) is 6.52. The molecule has 0 spiro atoms. The first-order valence-corrected chi connectivity index (χ1v) is 8.73. The van der Waals surface area contributed by atoms with Crippen LogP contribution in [0.1, 0.15) is 11.1 Å². The Hall–Kier alpha value is -3.14. The molecule has 0 radical (unpaired) electrons. The summed E-state index contributed by atoms with van der Waals surface area (Å²) in [7, 11) is 4.04. The molecular formula is C22H24N4. The molecule has 0 aliphatic heterocycles. The average Bonchev–Trinajstić information content (AvgIpc) is 2.67. The molecule has 0 fully saturated rings. The Kier molecular flexibility index (Phi) is 5.64. The van der Waals surface area contributed by atoms with Crippen LogP contribution < -0.4 is 10.6 Å². The van der Waals surface area contributed by atoms with Gasteiger partial charge in [0.25, 0.3) is 0 Å². The van der Waals surface area contributed by atoms with Gasteiger partial charge >= 0.3 is 0 Å². The minimum Gasteiger partial charge on any atom is -0.399 e. The summed E-state index contributed by atoms with van der Waals surface area (Å²) in [4.78, 5) is 2.06. The van der Waals surface area contributed by atoms with Crippen molar-refractivity contribution in [3.8, 4) is 0 Å². The van der Waals surface area contributed by atoms with Gasteiger partial charge in [0.15, 0.2) is 0 Å². The highest BCUT2D eigenvalue weighted by Gasteiger charge is 1.98. The van der Waals surface area contributed by atoms with E-state index in [2.05, 4.69) is 39.4 Å². The van der Waals surface area contributed by atoms with Crippen LogP contribution in [-0.2, 0) is 12.8 Å². The van der Waals surface area contributed by atoms with E-state index >= 15 is 0 Å². The zero-order valence-electron chi connectivity index (χ0n) is 15.3. The minimum absolute atomic E-state index is 0.805. The molecule has 3 rings (SSSR count). The van der Waals surface area contributed by atoms with Crippen molar-refractivity contribution >= 4 is 22.7 Å². The van der Waals surface area contributed by atoms with Gasteiger partial charge in [-0.3, -0.25) is 0 Å². The molecule has 4 nitrogen and oxygen atoms in total. The standard InChI is InChI=1S/C22H24N4/c1-26(2)22-15-13-21(14-16-22)25-24-20-11-7-18(8-12-20)4-3-17-5-9-19(23)10-6-17/h5-16H,3-4,23H2,1-2H3. The number of nitrogens with two attached hydrogens (primary N) is 1. The molecule has 0 bridgehead atoms. The van der Waals surface area contributed by atoms with Crippen LogP contribution in [0, 0.1) is 0 Å². The average molecular weight is 344 g/mol. The summed E-state index contributed by atoms with van der Waals surface area (Å²) in [5.41, 5.74) is 12.0. The molecule has 0 aromatic heterocycles. The van der Waals surface area contributed by atoms with Crippen LogP contribution in [0.3, 0.4) is 0 Å². The number of rotatable bonds is 6. The fourth-order valence-corrected chi connectivity index (χ4v) is 2.64. The molecule has 0 amide bonds. The second kappa shape index (κ2) is 8.30. The van der Waals surface area contributed by atoms with Gasteiger partial charge in [0.2, 0.25) is 0 Å². The van der Waals surface area contributed by atoms with E-state index in [1.807, 2.05) is 62.6 Å². The van der Waals surface area contributed by atoms with Crippen LogP contribution in [-0.4, -0.2) is 14.1 Å². The van der Waals surface area contributed by atoms with E-state index in [4.69, 9.17) is 5.73 Å². The van der Waals surface area contributed by atoms with Crippen molar-refractivity contribution in [1.82, 2.24) is 0 Å². The molecule has 0 saturated carbocycles. The van der Waals surface area contributed by atoms with Crippen molar-refractivity contribution in [2.75, 3.05) is 24.7 Å². The van der Waals surface area contributed by atoms with Gasteiger partial charge in [0, 0.05) is 25.5 Å². The number of azo groups is 1. The van der Waals surface area contributed by atoms with Crippen molar-refractivity contribution in [2.45, 2.75) is 12.8 Å². The van der Waals surface area contributed by atoms with E-state index in [0.29, 0.717) is 0 Å². The number of nitrogen functional groups attached to an aromatic ring is 1. The Bertz CT molecular complexity index is 848. The smallest absolute Gasteiger partial charge is 0.0858 e. The fourth-order valence-electron chi connectivity index (χ4n) is 2.64. The third-order valence-corrected chi connectivity index (χ3v) is 4.27. The molecule has 0 aliphatic rings.